The molecule has 0 fully saturated rings. The summed E-state index contributed by atoms with van der Waals surface area (Å²) in [6.45, 7) is 5.44. The van der Waals surface area contributed by atoms with Gasteiger partial charge in [0.25, 0.3) is 5.91 Å². The van der Waals surface area contributed by atoms with Crippen molar-refractivity contribution in [1.82, 2.24) is 4.57 Å². The molecule has 0 N–H and O–H groups in total. The Morgan fingerprint density at radius 3 is 2.22 bits per heavy atom. The van der Waals surface area contributed by atoms with E-state index in [2.05, 4.69) is 0 Å². The standard InChI is InChI=1S/C28H24Cl2N2O5/c1-15-12-18(16(2)31(15)24-9-7-6-8-20(24)27(34)36-4)13-21-25(28(35)37-5)17(3)32(26(21)33)19-10-11-22(29)23(30)14-19/h6-14H,1-5H3/b21-13-. The maximum absolute atomic E-state index is 13.7. The Labute approximate surface area is 224 Å². The minimum atomic E-state index is -0.635. The summed E-state index contributed by atoms with van der Waals surface area (Å²) >= 11 is 12.3. The van der Waals surface area contributed by atoms with E-state index in [4.69, 9.17) is 32.7 Å². The molecular weight excluding hydrogens is 515 g/mol. The number of anilines is 1. The predicted molar refractivity (Wildman–Crippen MR) is 143 cm³/mol. The van der Waals surface area contributed by atoms with Gasteiger partial charge in [0.2, 0.25) is 0 Å². The second-order valence-corrected chi connectivity index (χ2v) is 9.23. The van der Waals surface area contributed by atoms with E-state index in [1.807, 2.05) is 36.6 Å². The number of carbonyl (C=O) groups excluding carboxylic acids is 3. The number of allylic oxidation sites excluding steroid dienone is 1. The Morgan fingerprint density at radius 2 is 1.57 bits per heavy atom. The van der Waals surface area contributed by atoms with E-state index < -0.39 is 17.8 Å². The van der Waals surface area contributed by atoms with Crippen LogP contribution in [0.2, 0.25) is 10.0 Å². The number of para-hydroxylation sites is 1. The number of hydrogen-bond acceptors (Lipinski definition) is 5. The van der Waals surface area contributed by atoms with Crippen molar-refractivity contribution in [1.29, 1.82) is 0 Å². The molecule has 0 atom stereocenters. The molecule has 9 heteroatoms. The van der Waals surface area contributed by atoms with Gasteiger partial charge in [-0.2, -0.15) is 0 Å². The molecule has 1 aromatic heterocycles. The largest absolute Gasteiger partial charge is 0.465 e. The highest BCUT2D eigenvalue weighted by Gasteiger charge is 2.38. The number of nitrogens with zero attached hydrogens (tertiary/aromatic N) is 2. The number of aryl methyl sites for hydroxylation is 1. The number of benzene rings is 2. The molecule has 0 spiro atoms. The predicted octanol–water partition coefficient (Wildman–Crippen LogP) is 6.06. The van der Waals surface area contributed by atoms with Gasteiger partial charge in [0, 0.05) is 17.1 Å². The SMILES string of the molecule is COC(=O)C1=C(C)N(c2ccc(Cl)c(Cl)c2)C(=O)/C1=C\c1cc(C)n(-c2ccccc2C(=O)OC)c1C. The number of aromatic nitrogens is 1. The third-order valence-electron chi connectivity index (χ3n) is 6.27. The molecule has 1 aliphatic heterocycles. The van der Waals surface area contributed by atoms with Gasteiger partial charge in [0.15, 0.2) is 0 Å². The third-order valence-corrected chi connectivity index (χ3v) is 7.01. The average molecular weight is 539 g/mol. The van der Waals surface area contributed by atoms with Crippen LogP contribution in [0.5, 0.6) is 0 Å². The lowest BCUT2D eigenvalue weighted by atomic mass is 10.0. The second-order valence-electron chi connectivity index (χ2n) is 8.42. The molecule has 3 aromatic rings. The van der Waals surface area contributed by atoms with Gasteiger partial charge in [-0.05, 0) is 68.8 Å². The van der Waals surface area contributed by atoms with Crippen LogP contribution in [0.3, 0.4) is 0 Å². The fourth-order valence-electron chi connectivity index (χ4n) is 4.53. The summed E-state index contributed by atoms with van der Waals surface area (Å²) in [6, 6.07) is 13.8. The number of esters is 2. The van der Waals surface area contributed by atoms with E-state index in [1.54, 1.807) is 43.3 Å². The van der Waals surface area contributed by atoms with Gasteiger partial charge in [-0.25, -0.2) is 9.59 Å². The summed E-state index contributed by atoms with van der Waals surface area (Å²) in [5.74, 6) is -1.50. The number of ether oxygens (including phenoxy) is 2. The molecular formula is C28H24Cl2N2O5. The number of carbonyl (C=O) groups is 3. The number of halogens is 2. The maximum atomic E-state index is 13.7. The quantitative estimate of drug-likeness (QED) is 0.291. The van der Waals surface area contributed by atoms with E-state index >= 15 is 0 Å². The van der Waals surface area contributed by atoms with Gasteiger partial charge in [-0.3, -0.25) is 9.69 Å². The topological polar surface area (TPSA) is 77.8 Å². The van der Waals surface area contributed by atoms with Crippen LogP contribution in [0.4, 0.5) is 5.69 Å². The van der Waals surface area contributed by atoms with Gasteiger partial charge < -0.3 is 14.0 Å². The lowest BCUT2D eigenvalue weighted by Gasteiger charge is -2.18. The van der Waals surface area contributed by atoms with Gasteiger partial charge in [-0.1, -0.05) is 35.3 Å². The Morgan fingerprint density at radius 1 is 0.892 bits per heavy atom. The molecule has 0 saturated heterocycles. The monoisotopic (exact) mass is 538 g/mol. The number of methoxy groups -OCH3 is 2. The van der Waals surface area contributed by atoms with E-state index in [0.717, 1.165) is 11.4 Å². The van der Waals surface area contributed by atoms with Gasteiger partial charge in [0.05, 0.1) is 52.3 Å². The van der Waals surface area contributed by atoms with Crippen LogP contribution in [0.15, 0.2) is 65.4 Å². The minimum Gasteiger partial charge on any atom is -0.465 e. The molecule has 4 rings (SSSR count). The summed E-state index contributed by atoms with van der Waals surface area (Å²) in [6.07, 6.45) is 1.66. The second kappa shape index (κ2) is 10.3. The number of rotatable bonds is 5. The van der Waals surface area contributed by atoms with Gasteiger partial charge >= 0.3 is 11.9 Å². The Balaban J connectivity index is 1.87. The van der Waals surface area contributed by atoms with Crippen LogP contribution in [-0.4, -0.2) is 36.6 Å². The van der Waals surface area contributed by atoms with Crippen molar-refractivity contribution in [2.24, 2.45) is 0 Å². The van der Waals surface area contributed by atoms with Crippen molar-refractivity contribution < 1.29 is 23.9 Å². The van der Waals surface area contributed by atoms with Crippen molar-refractivity contribution in [2.45, 2.75) is 20.8 Å². The number of amides is 1. The lowest BCUT2D eigenvalue weighted by Crippen LogP contribution is -2.24. The van der Waals surface area contributed by atoms with Crippen LogP contribution in [0.1, 0.15) is 34.2 Å². The van der Waals surface area contributed by atoms with Crippen molar-refractivity contribution in [3.05, 3.63) is 97.9 Å². The third kappa shape index (κ3) is 4.56. The highest BCUT2D eigenvalue weighted by Crippen LogP contribution is 2.38. The highest BCUT2D eigenvalue weighted by atomic mass is 35.5. The van der Waals surface area contributed by atoms with E-state index in [-0.39, 0.29) is 16.2 Å². The molecule has 1 amide bonds. The molecule has 7 nitrogen and oxygen atoms in total. The minimum absolute atomic E-state index is 0.151. The van der Waals surface area contributed by atoms with E-state index in [1.165, 1.54) is 19.1 Å². The molecule has 0 aliphatic carbocycles. The number of hydrogen-bond donors (Lipinski definition) is 0. The summed E-state index contributed by atoms with van der Waals surface area (Å²) in [5.41, 5.74) is 4.55. The zero-order valence-electron chi connectivity index (χ0n) is 20.9. The smallest absolute Gasteiger partial charge is 0.340 e. The molecule has 2 heterocycles. The van der Waals surface area contributed by atoms with Crippen LogP contribution in [0.25, 0.3) is 11.8 Å². The van der Waals surface area contributed by atoms with Crippen LogP contribution >= 0.6 is 23.2 Å². The molecule has 0 saturated carbocycles. The average Bonchev–Trinajstić information content (AvgIpc) is 3.30. The first kappa shape index (κ1) is 26.3. The van der Waals surface area contributed by atoms with Crippen molar-refractivity contribution >= 4 is 52.8 Å². The molecule has 1 aliphatic rings. The zero-order chi connectivity index (χ0) is 27.0. The van der Waals surface area contributed by atoms with Gasteiger partial charge in [-0.15, -0.1) is 0 Å². The van der Waals surface area contributed by atoms with Crippen LogP contribution in [-0.2, 0) is 19.1 Å². The van der Waals surface area contributed by atoms with E-state index in [0.29, 0.717) is 33.2 Å². The fourth-order valence-corrected chi connectivity index (χ4v) is 4.82. The normalized spacial score (nSPS) is 14.5. The summed E-state index contributed by atoms with van der Waals surface area (Å²) in [4.78, 5) is 40.3. The Kier molecular flexibility index (Phi) is 7.30. The Hall–Kier alpha value is -3.81. The van der Waals surface area contributed by atoms with Crippen molar-refractivity contribution in [3.63, 3.8) is 0 Å². The van der Waals surface area contributed by atoms with Crippen molar-refractivity contribution in [2.75, 3.05) is 19.1 Å². The molecule has 37 heavy (non-hydrogen) atoms. The summed E-state index contributed by atoms with van der Waals surface area (Å²) in [5, 5.41) is 0.631. The summed E-state index contributed by atoms with van der Waals surface area (Å²) < 4.78 is 11.9. The fraction of sp³-hybridized carbons (Fsp3) is 0.179. The molecule has 190 valence electrons. The van der Waals surface area contributed by atoms with Crippen LogP contribution in [0, 0.1) is 13.8 Å². The molecule has 0 bridgehead atoms. The first-order valence-electron chi connectivity index (χ1n) is 11.3. The molecule has 2 aromatic carbocycles. The van der Waals surface area contributed by atoms with Crippen molar-refractivity contribution in [3.8, 4) is 5.69 Å². The first-order chi connectivity index (χ1) is 17.6. The van der Waals surface area contributed by atoms with Gasteiger partial charge in [0.1, 0.15) is 0 Å². The van der Waals surface area contributed by atoms with E-state index in [9.17, 15) is 14.4 Å². The molecule has 0 unspecified atom stereocenters. The highest BCUT2D eigenvalue weighted by molar-refractivity contribution is 6.42. The maximum Gasteiger partial charge on any atom is 0.340 e. The Bertz CT molecular complexity index is 1520. The first-order valence-corrected chi connectivity index (χ1v) is 12.0. The lowest BCUT2D eigenvalue weighted by molar-refractivity contribution is -0.136. The zero-order valence-corrected chi connectivity index (χ0v) is 22.4. The summed E-state index contributed by atoms with van der Waals surface area (Å²) in [7, 11) is 2.60. The molecule has 0 radical (unpaired) electrons. The van der Waals surface area contributed by atoms with Crippen LogP contribution < -0.4 is 4.90 Å².